The monoisotopic (exact) mass is 377 g/mol. The third-order valence-corrected chi connectivity index (χ3v) is 4.97. The van der Waals surface area contributed by atoms with Crippen LogP contribution >= 0.6 is 11.8 Å². The lowest BCUT2D eigenvalue weighted by molar-refractivity contribution is -0.119. The average molecular weight is 377 g/mol. The molecule has 26 heavy (non-hydrogen) atoms. The molecular weight excluding hydrogens is 357 g/mol. The van der Waals surface area contributed by atoms with Gasteiger partial charge in [0, 0.05) is 12.6 Å². The highest BCUT2D eigenvalue weighted by Gasteiger charge is 2.32. The number of amides is 3. The SMILES string of the molecule is CCNC(=O)NC(=O)C(C)Sc1nnc(-c2ccccc2F)n1C1CC1. The number of benzene rings is 1. The van der Waals surface area contributed by atoms with Crippen molar-refractivity contribution in [3.8, 4) is 11.4 Å². The molecule has 0 spiro atoms. The minimum Gasteiger partial charge on any atom is -0.338 e. The van der Waals surface area contributed by atoms with Gasteiger partial charge in [-0.1, -0.05) is 23.9 Å². The number of nitrogens with zero attached hydrogens (tertiary/aromatic N) is 3. The maximum absolute atomic E-state index is 14.2. The zero-order chi connectivity index (χ0) is 18.7. The summed E-state index contributed by atoms with van der Waals surface area (Å²) in [5.74, 6) is -0.316. The van der Waals surface area contributed by atoms with Crippen LogP contribution in [0.2, 0.25) is 0 Å². The first-order chi connectivity index (χ1) is 12.5. The fourth-order valence-electron chi connectivity index (χ4n) is 2.48. The standard InChI is InChI=1S/C17H20FN5O2S/c1-3-19-16(25)20-15(24)10(2)26-17-22-21-14(23(17)11-8-9-11)12-6-4-5-7-13(12)18/h4-7,10-11H,3,8-9H2,1-2H3,(H2,19,20,24,25). The molecule has 1 aromatic heterocycles. The molecule has 0 aliphatic heterocycles. The third-order valence-electron chi connectivity index (χ3n) is 3.92. The van der Waals surface area contributed by atoms with Gasteiger partial charge in [0.25, 0.3) is 0 Å². The van der Waals surface area contributed by atoms with Crippen LogP contribution in [0.1, 0.15) is 32.7 Å². The molecule has 1 unspecified atom stereocenters. The van der Waals surface area contributed by atoms with E-state index in [1.165, 1.54) is 17.8 Å². The second-order valence-corrected chi connectivity index (χ2v) is 7.30. The maximum atomic E-state index is 14.2. The summed E-state index contributed by atoms with van der Waals surface area (Å²) in [6, 6.07) is 6.11. The highest BCUT2D eigenvalue weighted by Crippen LogP contribution is 2.42. The molecule has 0 bridgehead atoms. The first-order valence-electron chi connectivity index (χ1n) is 8.46. The molecule has 1 aromatic carbocycles. The van der Waals surface area contributed by atoms with Crippen LogP contribution in [0.3, 0.4) is 0 Å². The topological polar surface area (TPSA) is 88.9 Å². The minimum absolute atomic E-state index is 0.209. The van der Waals surface area contributed by atoms with Gasteiger partial charge in [0.1, 0.15) is 5.82 Å². The van der Waals surface area contributed by atoms with Crippen LogP contribution in [0.15, 0.2) is 29.4 Å². The predicted molar refractivity (Wildman–Crippen MR) is 96.2 cm³/mol. The molecule has 2 aromatic rings. The van der Waals surface area contributed by atoms with E-state index in [1.54, 1.807) is 32.0 Å². The van der Waals surface area contributed by atoms with E-state index in [1.807, 2.05) is 4.57 Å². The molecule has 3 rings (SSSR count). The quantitative estimate of drug-likeness (QED) is 0.756. The molecule has 9 heteroatoms. The number of thioether (sulfide) groups is 1. The summed E-state index contributed by atoms with van der Waals surface area (Å²) in [5.41, 5.74) is 0.387. The molecular formula is C17H20FN5O2S. The Morgan fingerprint density at radius 1 is 1.35 bits per heavy atom. The van der Waals surface area contributed by atoms with Gasteiger partial charge in [0.05, 0.1) is 10.8 Å². The van der Waals surface area contributed by atoms with Crippen LogP contribution in [-0.2, 0) is 4.79 Å². The highest BCUT2D eigenvalue weighted by molar-refractivity contribution is 8.00. The van der Waals surface area contributed by atoms with E-state index in [4.69, 9.17) is 0 Å². The van der Waals surface area contributed by atoms with E-state index in [0.717, 1.165) is 12.8 Å². The van der Waals surface area contributed by atoms with Crippen molar-refractivity contribution in [2.24, 2.45) is 0 Å². The number of hydrogen-bond donors (Lipinski definition) is 2. The first-order valence-corrected chi connectivity index (χ1v) is 9.34. The lowest BCUT2D eigenvalue weighted by atomic mass is 10.2. The highest BCUT2D eigenvalue weighted by atomic mass is 32.2. The molecule has 1 atom stereocenters. The maximum Gasteiger partial charge on any atom is 0.321 e. The van der Waals surface area contributed by atoms with Crippen molar-refractivity contribution in [1.29, 1.82) is 0 Å². The second kappa shape index (κ2) is 7.86. The normalized spacial score (nSPS) is 14.7. The number of hydrogen-bond acceptors (Lipinski definition) is 5. The number of imide groups is 1. The molecule has 1 fully saturated rings. The summed E-state index contributed by atoms with van der Waals surface area (Å²) in [6.07, 6.45) is 1.93. The third kappa shape index (κ3) is 4.04. The fraction of sp³-hybridized carbons (Fsp3) is 0.412. The molecule has 138 valence electrons. The Bertz CT molecular complexity index is 821. The number of rotatable bonds is 6. The van der Waals surface area contributed by atoms with Crippen molar-refractivity contribution in [3.05, 3.63) is 30.1 Å². The molecule has 1 aliphatic carbocycles. The molecule has 2 N–H and O–H groups in total. The van der Waals surface area contributed by atoms with Gasteiger partial charge in [-0.3, -0.25) is 14.7 Å². The summed E-state index contributed by atoms with van der Waals surface area (Å²) >= 11 is 1.20. The number of carbonyl (C=O) groups excluding carboxylic acids is 2. The van der Waals surface area contributed by atoms with E-state index in [2.05, 4.69) is 20.8 Å². The van der Waals surface area contributed by atoms with Crippen molar-refractivity contribution in [2.45, 2.75) is 43.1 Å². The zero-order valence-corrected chi connectivity index (χ0v) is 15.3. The van der Waals surface area contributed by atoms with Gasteiger partial charge < -0.3 is 5.32 Å². The lowest BCUT2D eigenvalue weighted by Gasteiger charge is -2.13. The Hall–Kier alpha value is -2.42. The Kier molecular flexibility index (Phi) is 5.55. The van der Waals surface area contributed by atoms with Crippen molar-refractivity contribution in [3.63, 3.8) is 0 Å². The van der Waals surface area contributed by atoms with Crippen LogP contribution in [0.5, 0.6) is 0 Å². The van der Waals surface area contributed by atoms with Gasteiger partial charge in [0.15, 0.2) is 11.0 Å². The largest absolute Gasteiger partial charge is 0.338 e. The Morgan fingerprint density at radius 2 is 2.08 bits per heavy atom. The Balaban J connectivity index is 1.80. The summed E-state index contributed by atoms with van der Waals surface area (Å²) < 4.78 is 16.0. The lowest BCUT2D eigenvalue weighted by Crippen LogP contribution is -2.42. The Labute approximate surface area is 154 Å². The molecule has 1 heterocycles. The van der Waals surface area contributed by atoms with Crippen molar-refractivity contribution < 1.29 is 14.0 Å². The van der Waals surface area contributed by atoms with Crippen LogP contribution in [0.4, 0.5) is 9.18 Å². The van der Waals surface area contributed by atoms with Gasteiger partial charge >= 0.3 is 6.03 Å². The number of urea groups is 1. The number of halogens is 1. The van der Waals surface area contributed by atoms with Gasteiger partial charge in [-0.25, -0.2) is 9.18 Å². The zero-order valence-electron chi connectivity index (χ0n) is 14.5. The fourth-order valence-corrected chi connectivity index (χ4v) is 3.39. The summed E-state index contributed by atoms with van der Waals surface area (Å²) in [5, 5.41) is 13.1. The van der Waals surface area contributed by atoms with E-state index >= 15 is 0 Å². The Morgan fingerprint density at radius 3 is 2.73 bits per heavy atom. The van der Waals surface area contributed by atoms with Crippen LogP contribution < -0.4 is 10.6 Å². The molecule has 0 radical (unpaired) electrons. The van der Waals surface area contributed by atoms with Gasteiger partial charge in [-0.05, 0) is 38.8 Å². The van der Waals surface area contributed by atoms with Gasteiger partial charge in [0.2, 0.25) is 5.91 Å². The molecule has 1 saturated carbocycles. The van der Waals surface area contributed by atoms with E-state index in [-0.39, 0.29) is 11.9 Å². The van der Waals surface area contributed by atoms with E-state index in [0.29, 0.717) is 23.1 Å². The van der Waals surface area contributed by atoms with Crippen LogP contribution in [0.25, 0.3) is 11.4 Å². The van der Waals surface area contributed by atoms with Gasteiger partial charge in [-0.2, -0.15) is 0 Å². The van der Waals surface area contributed by atoms with Crippen LogP contribution in [0, 0.1) is 5.82 Å². The first kappa shape index (κ1) is 18.4. The molecule has 0 saturated heterocycles. The van der Waals surface area contributed by atoms with Crippen molar-refractivity contribution in [1.82, 2.24) is 25.4 Å². The van der Waals surface area contributed by atoms with Crippen LogP contribution in [-0.4, -0.2) is 38.5 Å². The average Bonchev–Trinajstić information content (AvgIpc) is 3.36. The summed E-state index contributed by atoms with van der Waals surface area (Å²) in [7, 11) is 0. The molecule has 3 amide bonds. The van der Waals surface area contributed by atoms with Gasteiger partial charge in [-0.15, -0.1) is 10.2 Å². The molecule has 7 nitrogen and oxygen atoms in total. The minimum atomic E-state index is -0.548. The van der Waals surface area contributed by atoms with E-state index in [9.17, 15) is 14.0 Å². The number of aromatic nitrogens is 3. The number of carbonyl (C=O) groups is 2. The van der Waals surface area contributed by atoms with Crippen molar-refractivity contribution >= 4 is 23.7 Å². The number of nitrogens with one attached hydrogen (secondary N) is 2. The smallest absolute Gasteiger partial charge is 0.321 e. The summed E-state index contributed by atoms with van der Waals surface area (Å²) in [4.78, 5) is 23.6. The second-order valence-electron chi connectivity index (χ2n) is 6.00. The van der Waals surface area contributed by atoms with Crippen molar-refractivity contribution in [2.75, 3.05) is 6.54 Å². The van der Waals surface area contributed by atoms with E-state index < -0.39 is 17.2 Å². The predicted octanol–water partition coefficient (Wildman–Crippen LogP) is 2.75. The molecule has 1 aliphatic rings. The summed E-state index contributed by atoms with van der Waals surface area (Å²) in [6.45, 7) is 3.89.